The highest BCUT2D eigenvalue weighted by Crippen LogP contribution is 2.09. The Labute approximate surface area is 93.7 Å². The first-order chi connectivity index (χ1) is 7.40. The topological polar surface area (TPSA) is 29.9 Å². The molecule has 0 amide bonds. The molecule has 0 saturated carbocycles. The third-order valence-corrected chi connectivity index (χ3v) is 3.01. The predicted octanol–water partition coefficient (Wildman–Crippen LogP) is 2.10. The van der Waals surface area contributed by atoms with E-state index in [4.69, 9.17) is 0 Å². The zero-order chi connectivity index (χ0) is 10.5. The Balaban J connectivity index is 2.04. The van der Waals surface area contributed by atoms with E-state index >= 15 is 0 Å². The number of thiophene rings is 1. The fourth-order valence-corrected chi connectivity index (χ4v) is 2.12. The summed E-state index contributed by atoms with van der Waals surface area (Å²) in [6, 6.07) is 4.21. The van der Waals surface area contributed by atoms with Crippen LogP contribution in [0.2, 0.25) is 0 Å². The van der Waals surface area contributed by atoms with Crippen LogP contribution < -0.4 is 5.32 Å². The van der Waals surface area contributed by atoms with Crippen LogP contribution in [-0.2, 0) is 13.1 Å². The smallest absolute Gasteiger partial charge is 0.0671 e. The Bertz CT molecular complexity index is 392. The molecule has 0 aromatic carbocycles. The van der Waals surface area contributed by atoms with Gasteiger partial charge in [0.1, 0.15) is 0 Å². The second kappa shape index (κ2) is 5.09. The van der Waals surface area contributed by atoms with E-state index in [9.17, 15) is 0 Å². The van der Waals surface area contributed by atoms with Gasteiger partial charge in [-0.15, -0.1) is 0 Å². The van der Waals surface area contributed by atoms with E-state index in [1.165, 1.54) is 11.3 Å². The largest absolute Gasteiger partial charge is 0.311 e. The Kier molecular flexibility index (Phi) is 3.53. The number of hydrogen-bond acceptors (Lipinski definition) is 3. The zero-order valence-electron chi connectivity index (χ0n) is 8.81. The molecule has 2 heterocycles. The summed E-state index contributed by atoms with van der Waals surface area (Å²) < 4.78 is 2.05. The molecule has 2 aromatic heterocycles. The van der Waals surface area contributed by atoms with Crippen LogP contribution in [0.25, 0.3) is 0 Å². The molecule has 80 valence electrons. The lowest BCUT2D eigenvalue weighted by Gasteiger charge is -2.06. The van der Waals surface area contributed by atoms with E-state index in [1.54, 1.807) is 11.3 Å². The lowest BCUT2D eigenvalue weighted by atomic mass is 10.3. The first-order valence-electron chi connectivity index (χ1n) is 5.12. The number of nitrogens with zero attached hydrogens (tertiary/aromatic N) is 2. The molecule has 15 heavy (non-hydrogen) atoms. The van der Waals surface area contributed by atoms with E-state index < -0.39 is 0 Å². The van der Waals surface area contributed by atoms with Crippen molar-refractivity contribution in [2.24, 2.45) is 0 Å². The molecule has 0 spiro atoms. The molecule has 0 saturated heterocycles. The standard InChI is InChI=1S/C11H15N3S/c1-2-12-7-11-3-5-13-14(11)8-10-4-6-15-9-10/h3-6,9,12H,2,7-8H2,1H3. The van der Waals surface area contributed by atoms with Crippen LogP contribution in [0.4, 0.5) is 0 Å². The SMILES string of the molecule is CCNCc1ccnn1Cc1ccsc1. The van der Waals surface area contributed by atoms with Crippen LogP contribution >= 0.6 is 11.3 Å². The van der Waals surface area contributed by atoms with Crippen molar-refractivity contribution in [1.82, 2.24) is 15.1 Å². The molecule has 2 rings (SSSR count). The van der Waals surface area contributed by atoms with Crippen molar-refractivity contribution in [2.45, 2.75) is 20.0 Å². The van der Waals surface area contributed by atoms with Gasteiger partial charge < -0.3 is 5.32 Å². The van der Waals surface area contributed by atoms with Crippen molar-refractivity contribution in [1.29, 1.82) is 0 Å². The van der Waals surface area contributed by atoms with Crippen molar-refractivity contribution in [3.63, 3.8) is 0 Å². The second-order valence-corrected chi connectivity index (χ2v) is 4.17. The molecule has 0 atom stereocenters. The third-order valence-electron chi connectivity index (χ3n) is 2.27. The summed E-state index contributed by atoms with van der Waals surface area (Å²) in [6.07, 6.45) is 1.86. The quantitative estimate of drug-likeness (QED) is 0.838. The van der Waals surface area contributed by atoms with Gasteiger partial charge in [0.2, 0.25) is 0 Å². The van der Waals surface area contributed by atoms with Crippen molar-refractivity contribution in [2.75, 3.05) is 6.54 Å². The van der Waals surface area contributed by atoms with Crippen molar-refractivity contribution < 1.29 is 0 Å². The van der Waals surface area contributed by atoms with Crippen molar-refractivity contribution >= 4 is 11.3 Å². The molecule has 0 fully saturated rings. The molecule has 0 radical (unpaired) electrons. The maximum atomic E-state index is 4.33. The van der Waals surface area contributed by atoms with E-state index in [0.29, 0.717) is 0 Å². The molecular formula is C11H15N3S. The van der Waals surface area contributed by atoms with Crippen LogP contribution in [0, 0.1) is 0 Å². The minimum Gasteiger partial charge on any atom is -0.311 e. The summed E-state index contributed by atoms with van der Waals surface area (Å²) in [6.45, 7) is 4.86. The monoisotopic (exact) mass is 221 g/mol. The molecule has 2 aromatic rings. The van der Waals surface area contributed by atoms with E-state index in [0.717, 1.165) is 19.6 Å². The molecular weight excluding hydrogens is 206 g/mol. The average Bonchev–Trinajstić information content (AvgIpc) is 2.87. The number of hydrogen-bond donors (Lipinski definition) is 1. The van der Waals surface area contributed by atoms with E-state index in [2.05, 4.69) is 40.2 Å². The van der Waals surface area contributed by atoms with Crippen molar-refractivity contribution in [3.05, 3.63) is 40.3 Å². The average molecular weight is 221 g/mol. The first-order valence-corrected chi connectivity index (χ1v) is 6.07. The number of aromatic nitrogens is 2. The van der Waals surface area contributed by atoms with Gasteiger partial charge in [-0.05, 0) is 35.0 Å². The fraction of sp³-hybridized carbons (Fsp3) is 0.364. The molecule has 0 aliphatic heterocycles. The van der Waals surface area contributed by atoms with E-state index in [-0.39, 0.29) is 0 Å². The van der Waals surface area contributed by atoms with Gasteiger partial charge in [-0.3, -0.25) is 4.68 Å². The van der Waals surface area contributed by atoms with Gasteiger partial charge in [-0.2, -0.15) is 16.4 Å². The van der Waals surface area contributed by atoms with Gasteiger partial charge in [-0.1, -0.05) is 6.92 Å². The summed E-state index contributed by atoms with van der Waals surface area (Å²) in [5.41, 5.74) is 2.56. The molecule has 0 unspecified atom stereocenters. The Morgan fingerprint density at radius 3 is 3.13 bits per heavy atom. The van der Waals surface area contributed by atoms with Crippen LogP contribution in [0.3, 0.4) is 0 Å². The Morgan fingerprint density at radius 1 is 1.47 bits per heavy atom. The number of nitrogens with one attached hydrogen (secondary N) is 1. The summed E-state index contributed by atoms with van der Waals surface area (Å²) in [4.78, 5) is 0. The van der Waals surface area contributed by atoms with Crippen LogP contribution in [-0.4, -0.2) is 16.3 Å². The maximum absolute atomic E-state index is 4.33. The molecule has 1 N–H and O–H groups in total. The zero-order valence-corrected chi connectivity index (χ0v) is 9.63. The minimum absolute atomic E-state index is 0.872. The van der Waals surface area contributed by atoms with Gasteiger partial charge in [0.25, 0.3) is 0 Å². The van der Waals surface area contributed by atoms with Crippen LogP contribution in [0.5, 0.6) is 0 Å². The van der Waals surface area contributed by atoms with Gasteiger partial charge in [0.15, 0.2) is 0 Å². The van der Waals surface area contributed by atoms with Gasteiger partial charge in [0, 0.05) is 12.7 Å². The molecule has 0 aliphatic rings. The highest BCUT2D eigenvalue weighted by molar-refractivity contribution is 7.07. The van der Waals surface area contributed by atoms with Gasteiger partial charge in [-0.25, -0.2) is 0 Å². The fourth-order valence-electron chi connectivity index (χ4n) is 1.46. The Morgan fingerprint density at radius 2 is 2.40 bits per heavy atom. The van der Waals surface area contributed by atoms with Crippen LogP contribution in [0.1, 0.15) is 18.2 Å². The highest BCUT2D eigenvalue weighted by Gasteiger charge is 2.02. The summed E-state index contributed by atoms with van der Waals surface area (Å²) in [5.74, 6) is 0. The third kappa shape index (κ3) is 2.67. The second-order valence-electron chi connectivity index (χ2n) is 3.39. The summed E-state index contributed by atoms with van der Waals surface area (Å²) in [7, 11) is 0. The normalized spacial score (nSPS) is 10.7. The summed E-state index contributed by atoms with van der Waals surface area (Å²) >= 11 is 1.73. The van der Waals surface area contributed by atoms with Crippen molar-refractivity contribution in [3.8, 4) is 0 Å². The predicted molar refractivity (Wildman–Crippen MR) is 63.0 cm³/mol. The number of rotatable bonds is 5. The Hall–Kier alpha value is -1.13. The molecule has 4 heteroatoms. The van der Waals surface area contributed by atoms with Gasteiger partial charge >= 0.3 is 0 Å². The highest BCUT2D eigenvalue weighted by atomic mass is 32.1. The van der Waals surface area contributed by atoms with E-state index in [1.807, 2.05) is 10.9 Å². The lowest BCUT2D eigenvalue weighted by Crippen LogP contribution is -2.16. The van der Waals surface area contributed by atoms with Gasteiger partial charge in [0.05, 0.1) is 12.2 Å². The first kappa shape index (κ1) is 10.4. The van der Waals surface area contributed by atoms with Crippen LogP contribution in [0.15, 0.2) is 29.1 Å². The molecule has 0 aliphatic carbocycles. The minimum atomic E-state index is 0.872. The molecule has 3 nitrogen and oxygen atoms in total. The molecule has 0 bridgehead atoms. The maximum Gasteiger partial charge on any atom is 0.0671 e. The lowest BCUT2D eigenvalue weighted by molar-refractivity contribution is 0.606. The summed E-state index contributed by atoms with van der Waals surface area (Å²) in [5, 5.41) is 11.9.